The molecule has 0 bridgehead atoms. The lowest BCUT2D eigenvalue weighted by atomic mass is 9.93. The summed E-state index contributed by atoms with van der Waals surface area (Å²) in [6, 6.07) is 14.8. The predicted octanol–water partition coefficient (Wildman–Crippen LogP) is 2.43. The molecule has 2 atom stereocenters. The van der Waals surface area contributed by atoms with Gasteiger partial charge in [-0.25, -0.2) is 9.59 Å². The molecule has 2 saturated heterocycles. The first kappa shape index (κ1) is 24.4. The van der Waals surface area contributed by atoms with Crippen LogP contribution in [-0.4, -0.2) is 71.9 Å². The fourth-order valence-electron chi connectivity index (χ4n) is 4.62. The molecule has 4 rings (SSSR count). The minimum absolute atomic E-state index is 0.215. The van der Waals surface area contributed by atoms with Crippen molar-refractivity contribution < 1.29 is 23.9 Å². The molecule has 0 aromatic heterocycles. The lowest BCUT2D eigenvalue weighted by Gasteiger charge is -2.46. The highest BCUT2D eigenvalue weighted by atomic mass is 16.5. The van der Waals surface area contributed by atoms with Gasteiger partial charge in [0.25, 0.3) is 0 Å². The Labute approximate surface area is 204 Å². The molecule has 2 aliphatic heterocycles. The number of carbonyl (C=O) groups excluding carboxylic acids is 4. The first-order chi connectivity index (χ1) is 17.0. The number of nitrogens with zero attached hydrogens (tertiary/aromatic N) is 2. The van der Waals surface area contributed by atoms with E-state index in [4.69, 9.17) is 4.74 Å². The number of urea groups is 1. The topological polar surface area (TPSA) is 108 Å². The van der Waals surface area contributed by atoms with Gasteiger partial charge in [-0.05, 0) is 50.4 Å². The van der Waals surface area contributed by atoms with E-state index in [0.717, 1.165) is 12.0 Å². The van der Waals surface area contributed by atoms with E-state index in [1.807, 2.05) is 30.3 Å². The van der Waals surface area contributed by atoms with Gasteiger partial charge < -0.3 is 20.3 Å². The highest BCUT2D eigenvalue weighted by Crippen LogP contribution is 2.25. The molecule has 2 aromatic rings. The lowest BCUT2D eigenvalue weighted by Crippen LogP contribution is -2.70. The van der Waals surface area contributed by atoms with Crippen LogP contribution in [0.5, 0.6) is 0 Å². The summed E-state index contributed by atoms with van der Waals surface area (Å²) in [6.07, 6.45) is 1.96. The maximum Gasteiger partial charge on any atom is 0.340 e. The molecule has 2 aliphatic rings. The summed E-state index contributed by atoms with van der Waals surface area (Å²) < 4.78 is 5.07. The average Bonchev–Trinajstić information content (AvgIpc) is 2.87. The first-order valence-corrected chi connectivity index (χ1v) is 11.9. The van der Waals surface area contributed by atoms with Crippen molar-refractivity contribution in [3.05, 3.63) is 65.7 Å². The molecule has 0 radical (unpaired) electrons. The van der Waals surface area contributed by atoms with Crippen molar-refractivity contribution in [1.29, 1.82) is 0 Å². The van der Waals surface area contributed by atoms with Crippen molar-refractivity contribution in [2.75, 3.05) is 31.6 Å². The molecule has 2 N–H and O–H groups in total. The monoisotopic (exact) mass is 478 g/mol. The van der Waals surface area contributed by atoms with Crippen molar-refractivity contribution in [1.82, 2.24) is 15.1 Å². The Hall–Kier alpha value is -3.72. The number of piperidine rings is 1. The third-order valence-electron chi connectivity index (χ3n) is 6.31. The van der Waals surface area contributed by atoms with E-state index < -0.39 is 30.0 Å². The molecule has 184 valence electrons. The Balaban J connectivity index is 1.50. The zero-order chi connectivity index (χ0) is 24.8. The number of hydrogen-bond acceptors (Lipinski definition) is 6. The summed E-state index contributed by atoms with van der Waals surface area (Å²) in [7, 11) is 0. The van der Waals surface area contributed by atoms with Crippen LogP contribution in [0.25, 0.3) is 0 Å². The lowest BCUT2D eigenvalue weighted by molar-refractivity contribution is -0.138. The molecule has 0 aliphatic carbocycles. The Morgan fingerprint density at radius 3 is 2.60 bits per heavy atom. The number of ether oxygens (including phenoxy) is 1. The normalized spacial score (nSPS) is 19.8. The number of imide groups is 1. The quantitative estimate of drug-likeness (QED) is 0.565. The number of amides is 4. The molecule has 9 heteroatoms. The van der Waals surface area contributed by atoms with Gasteiger partial charge in [-0.3, -0.25) is 14.5 Å². The number of anilines is 1. The number of carbonyl (C=O) groups is 4. The number of hydrogen-bond donors (Lipinski definition) is 2. The van der Waals surface area contributed by atoms with Gasteiger partial charge >= 0.3 is 12.0 Å². The highest BCUT2D eigenvalue weighted by Gasteiger charge is 2.47. The molecule has 2 unspecified atom stereocenters. The third-order valence-corrected chi connectivity index (χ3v) is 6.31. The van der Waals surface area contributed by atoms with Crippen molar-refractivity contribution in [2.45, 2.75) is 38.3 Å². The zero-order valence-corrected chi connectivity index (χ0v) is 19.7. The van der Waals surface area contributed by atoms with Crippen molar-refractivity contribution in [3.8, 4) is 0 Å². The van der Waals surface area contributed by atoms with Crippen LogP contribution in [0.2, 0.25) is 0 Å². The van der Waals surface area contributed by atoms with E-state index in [1.165, 1.54) is 9.80 Å². The van der Waals surface area contributed by atoms with Gasteiger partial charge in [-0.15, -0.1) is 0 Å². The van der Waals surface area contributed by atoms with Gasteiger partial charge in [-0.1, -0.05) is 42.5 Å². The summed E-state index contributed by atoms with van der Waals surface area (Å²) in [5.41, 5.74) is 1.58. The molecule has 2 fully saturated rings. The molecule has 2 heterocycles. The zero-order valence-electron chi connectivity index (χ0n) is 19.7. The van der Waals surface area contributed by atoms with E-state index in [1.54, 1.807) is 31.2 Å². The second-order valence-corrected chi connectivity index (χ2v) is 8.59. The summed E-state index contributed by atoms with van der Waals surface area (Å²) in [5.74, 6) is -1.23. The van der Waals surface area contributed by atoms with Crippen molar-refractivity contribution in [2.24, 2.45) is 0 Å². The van der Waals surface area contributed by atoms with E-state index in [-0.39, 0.29) is 31.2 Å². The maximum atomic E-state index is 13.4. The molecule has 4 amide bonds. The maximum absolute atomic E-state index is 13.4. The van der Waals surface area contributed by atoms with Gasteiger partial charge in [-0.2, -0.15) is 0 Å². The van der Waals surface area contributed by atoms with Crippen LogP contribution in [0.4, 0.5) is 10.5 Å². The number of esters is 1. The number of nitrogens with one attached hydrogen (secondary N) is 2. The van der Waals surface area contributed by atoms with Crippen LogP contribution in [0.1, 0.15) is 35.7 Å². The number of rotatable bonds is 8. The van der Waals surface area contributed by atoms with Gasteiger partial charge in [0, 0.05) is 6.54 Å². The Kier molecular flexibility index (Phi) is 7.77. The fourth-order valence-corrected chi connectivity index (χ4v) is 4.62. The van der Waals surface area contributed by atoms with Crippen LogP contribution < -0.4 is 10.6 Å². The average molecular weight is 479 g/mol. The second-order valence-electron chi connectivity index (χ2n) is 8.59. The molecule has 0 spiro atoms. The summed E-state index contributed by atoms with van der Waals surface area (Å²) in [6.45, 7) is 2.61. The van der Waals surface area contributed by atoms with Crippen molar-refractivity contribution >= 4 is 29.5 Å². The summed E-state index contributed by atoms with van der Waals surface area (Å²) in [4.78, 5) is 54.6. The Bertz CT molecular complexity index is 1090. The van der Waals surface area contributed by atoms with E-state index in [0.29, 0.717) is 25.1 Å². The van der Waals surface area contributed by atoms with Gasteiger partial charge in [0.15, 0.2) is 0 Å². The molecular formula is C26H30N4O5. The number of para-hydroxylation sites is 1. The van der Waals surface area contributed by atoms with Gasteiger partial charge in [0.1, 0.15) is 12.6 Å². The van der Waals surface area contributed by atoms with E-state index in [9.17, 15) is 19.2 Å². The number of benzene rings is 2. The number of fused-ring (bicyclic) bond motifs is 1. The van der Waals surface area contributed by atoms with Crippen LogP contribution in [0.15, 0.2) is 54.6 Å². The minimum Gasteiger partial charge on any atom is -0.462 e. The van der Waals surface area contributed by atoms with Crippen LogP contribution >= 0.6 is 0 Å². The van der Waals surface area contributed by atoms with E-state index >= 15 is 0 Å². The molecular weight excluding hydrogens is 448 g/mol. The third kappa shape index (κ3) is 5.51. The first-order valence-electron chi connectivity index (χ1n) is 11.9. The Morgan fingerprint density at radius 2 is 1.83 bits per heavy atom. The summed E-state index contributed by atoms with van der Waals surface area (Å²) >= 11 is 0. The molecule has 35 heavy (non-hydrogen) atoms. The fraction of sp³-hybridized carbons (Fsp3) is 0.385. The van der Waals surface area contributed by atoms with Crippen molar-refractivity contribution in [3.63, 3.8) is 0 Å². The molecule has 0 saturated carbocycles. The highest BCUT2D eigenvalue weighted by molar-refractivity contribution is 6.05. The standard InChI is InChI=1S/C26H30N4O5/c1-2-35-25(33)19-11-6-7-12-20(19)28-22(31)17-30-21-13-8-15-27-23(21)24(32)29(26(30)34)16-14-18-9-4-3-5-10-18/h3-7,9-12,21,23,27H,2,8,13-17H2,1H3,(H,28,31). The summed E-state index contributed by atoms with van der Waals surface area (Å²) in [5, 5.41) is 5.97. The Morgan fingerprint density at radius 1 is 1.09 bits per heavy atom. The largest absolute Gasteiger partial charge is 0.462 e. The SMILES string of the molecule is CCOC(=O)c1ccccc1NC(=O)CN1C(=O)N(CCc2ccccc2)C(=O)C2NCCCC21. The molecule has 2 aromatic carbocycles. The van der Waals surface area contributed by atoms with Gasteiger partial charge in [0.05, 0.1) is 23.9 Å². The second kappa shape index (κ2) is 11.1. The van der Waals surface area contributed by atoms with Crippen LogP contribution in [0, 0.1) is 0 Å². The smallest absolute Gasteiger partial charge is 0.340 e. The van der Waals surface area contributed by atoms with Gasteiger partial charge in [0.2, 0.25) is 11.8 Å². The van der Waals surface area contributed by atoms with Crippen LogP contribution in [0.3, 0.4) is 0 Å². The van der Waals surface area contributed by atoms with E-state index in [2.05, 4.69) is 10.6 Å². The molecule has 9 nitrogen and oxygen atoms in total. The minimum atomic E-state index is -0.545. The van der Waals surface area contributed by atoms with Crippen LogP contribution in [-0.2, 0) is 20.7 Å². The predicted molar refractivity (Wildman–Crippen MR) is 130 cm³/mol.